The topological polar surface area (TPSA) is 102 Å². The second-order valence-electron chi connectivity index (χ2n) is 14.7. The zero-order valence-corrected chi connectivity index (χ0v) is 27.7. The first kappa shape index (κ1) is 30.9. The number of aryl methyl sites for hydroxylation is 1. The monoisotopic (exact) mass is 671 g/mol. The zero-order chi connectivity index (χ0) is 33.6. The fraction of sp³-hybridized carbons (Fsp3) is 0.486. The molecule has 5 aliphatic rings. The van der Waals surface area contributed by atoms with Crippen molar-refractivity contribution in [2.24, 2.45) is 5.41 Å². The molecule has 0 radical (unpaired) electrons. The molecule has 3 N–H and O–H groups in total. The Morgan fingerprint density at radius 1 is 1.14 bits per heavy atom. The molecule has 4 aromatic rings. The Labute approximate surface area is 282 Å². The van der Waals surface area contributed by atoms with Gasteiger partial charge in [-0.15, -0.1) is 0 Å². The summed E-state index contributed by atoms with van der Waals surface area (Å²) in [6.07, 6.45) is 5.57. The van der Waals surface area contributed by atoms with Crippen molar-refractivity contribution in [3.63, 3.8) is 0 Å². The van der Waals surface area contributed by atoms with Crippen molar-refractivity contribution < 1.29 is 22.6 Å². The molecule has 2 bridgehead atoms. The lowest BCUT2D eigenvalue weighted by Crippen LogP contribution is -2.62. The van der Waals surface area contributed by atoms with Crippen LogP contribution in [0.25, 0.3) is 32.9 Å². The number of nitrogen functional groups attached to an aromatic ring is 1. The molecule has 0 amide bonds. The number of hydrogen-bond donors (Lipinski definition) is 2. The van der Waals surface area contributed by atoms with E-state index >= 15 is 8.78 Å². The molecule has 4 fully saturated rings. The minimum absolute atomic E-state index is 0.00756. The largest absolute Gasteiger partial charge is 0.472 e. The van der Waals surface area contributed by atoms with Gasteiger partial charge in [-0.1, -0.05) is 13.0 Å². The van der Waals surface area contributed by atoms with Crippen molar-refractivity contribution in [2.75, 3.05) is 43.4 Å². The number of nitrogens with zero attached hydrogens (tertiary/aromatic N) is 5. The van der Waals surface area contributed by atoms with Crippen LogP contribution in [0.4, 0.5) is 24.7 Å². The Hall–Kier alpha value is -4.16. The van der Waals surface area contributed by atoms with Crippen LogP contribution in [0.15, 0.2) is 36.2 Å². The van der Waals surface area contributed by atoms with Gasteiger partial charge in [0.25, 0.3) is 0 Å². The molecule has 4 aliphatic heterocycles. The summed E-state index contributed by atoms with van der Waals surface area (Å²) in [5.41, 5.74) is 8.37. The Kier molecular flexibility index (Phi) is 7.21. The van der Waals surface area contributed by atoms with Gasteiger partial charge in [0.2, 0.25) is 5.88 Å². The van der Waals surface area contributed by atoms with Gasteiger partial charge in [-0.2, -0.15) is 9.97 Å². The smallest absolute Gasteiger partial charge is 0.319 e. The number of benzene rings is 2. The third-order valence-corrected chi connectivity index (χ3v) is 11.4. The Balaban J connectivity index is 1.19. The number of piperazine rings is 1. The maximum atomic E-state index is 17.2. The number of halogens is 3. The highest BCUT2D eigenvalue weighted by molar-refractivity contribution is 6.04. The minimum Gasteiger partial charge on any atom is -0.472 e. The Morgan fingerprint density at radius 3 is 2.78 bits per heavy atom. The van der Waals surface area contributed by atoms with E-state index in [1.54, 1.807) is 18.2 Å². The Morgan fingerprint density at radius 2 is 2.00 bits per heavy atom. The summed E-state index contributed by atoms with van der Waals surface area (Å²) < 4.78 is 58.6. The van der Waals surface area contributed by atoms with Gasteiger partial charge in [0.1, 0.15) is 34.3 Å². The summed E-state index contributed by atoms with van der Waals surface area (Å²) in [4.78, 5) is 19.0. The molecular weight excluding hydrogens is 631 g/mol. The van der Waals surface area contributed by atoms with Gasteiger partial charge in [-0.3, -0.25) is 4.90 Å². The third kappa shape index (κ3) is 5.09. The highest BCUT2D eigenvalue weighted by Crippen LogP contribution is 2.48. The number of likely N-dealkylation sites (tertiary alicyclic amines) is 1. The molecule has 3 saturated heterocycles. The van der Waals surface area contributed by atoms with Gasteiger partial charge >= 0.3 is 6.01 Å². The molecule has 0 unspecified atom stereocenters. The second-order valence-corrected chi connectivity index (χ2v) is 14.7. The molecule has 2 aromatic heterocycles. The minimum atomic E-state index is -0.665. The van der Waals surface area contributed by atoms with Crippen LogP contribution in [-0.4, -0.2) is 76.9 Å². The summed E-state index contributed by atoms with van der Waals surface area (Å²) >= 11 is 0. The molecular formula is C37H40F3N7O2. The van der Waals surface area contributed by atoms with Gasteiger partial charge in [0.15, 0.2) is 5.82 Å². The van der Waals surface area contributed by atoms with E-state index in [1.807, 2.05) is 13.8 Å². The summed E-state index contributed by atoms with van der Waals surface area (Å²) in [6, 6.07) is 6.97. The molecule has 256 valence electrons. The van der Waals surface area contributed by atoms with Crippen LogP contribution in [0, 0.1) is 17.0 Å². The van der Waals surface area contributed by atoms with E-state index in [1.165, 1.54) is 6.07 Å². The van der Waals surface area contributed by atoms with E-state index in [0.29, 0.717) is 64.9 Å². The van der Waals surface area contributed by atoms with E-state index < -0.39 is 5.82 Å². The Bertz CT molecular complexity index is 2040. The highest BCUT2D eigenvalue weighted by atomic mass is 19.1. The summed E-state index contributed by atoms with van der Waals surface area (Å²) in [5, 5.41) is 5.40. The van der Waals surface area contributed by atoms with Crippen LogP contribution in [0.5, 0.6) is 11.9 Å². The zero-order valence-electron chi connectivity index (χ0n) is 27.7. The average Bonchev–Trinajstić information content (AvgIpc) is 3.57. The summed E-state index contributed by atoms with van der Waals surface area (Å²) in [7, 11) is 0. The number of nitrogens with one attached hydrogen (secondary N) is 1. The number of rotatable bonds is 7. The molecule has 9 rings (SSSR count). The fourth-order valence-electron chi connectivity index (χ4n) is 8.79. The summed E-state index contributed by atoms with van der Waals surface area (Å²) in [5.74, 6) is -0.243. The van der Waals surface area contributed by atoms with Crippen molar-refractivity contribution in [2.45, 2.75) is 76.6 Å². The summed E-state index contributed by atoms with van der Waals surface area (Å²) in [6.45, 7) is 7.20. The molecule has 0 spiro atoms. The van der Waals surface area contributed by atoms with Crippen molar-refractivity contribution >= 4 is 33.2 Å². The maximum Gasteiger partial charge on any atom is 0.319 e. The van der Waals surface area contributed by atoms with Gasteiger partial charge in [-0.05, 0) is 85.6 Å². The molecule has 6 heterocycles. The van der Waals surface area contributed by atoms with Crippen molar-refractivity contribution in [1.82, 2.24) is 25.2 Å². The molecule has 12 heteroatoms. The van der Waals surface area contributed by atoms with E-state index in [9.17, 15) is 4.39 Å². The lowest BCUT2D eigenvalue weighted by atomic mass is 9.94. The molecule has 49 heavy (non-hydrogen) atoms. The van der Waals surface area contributed by atoms with Crippen LogP contribution >= 0.6 is 0 Å². The SMILES string of the molecule is CCc1c(F)ccc2cc(N)cc(-c3nc4c5c(nc(OCC6(CN7CCC(=CF)C7)CC6)nc5c3F)N3C[C@H]5CC[C@H](N5)[C@H]3[C@H](C)O4)c12. The van der Waals surface area contributed by atoms with E-state index in [4.69, 9.17) is 30.2 Å². The van der Waals surface area contributed by atoms with Crippen molar-refractivity contribution in [3.8, 4) is 23.1 Å². The van der Waals surface area contributed by atoms with Gasteiger partial charge < -0.3 is 25.4 Å². The normalized spacial score (nSPS) is 26.3. The molecule has 4 atom stereocenters. The van der Waals surface area contributed by atoms with E-state index in [-0.39, 0.29) is 58.6 Å². The number of fused-ring (bicyclic) bond motifs is 6. The predicted molar refractivity (Wildman–Crippen MR) is 183 cm³/mol. The number of nitrogens with two attached hydrogens (primary N) is 1. The standard InChI is InChI=1S/C37H40F3N7O2/c1-3-24-26(39)6-4-21-12-22(41)13-25(28(21)24)31-30(40)32-29-34(47-16-23-5-7-27(42-23)33(47)19(2)49-35(29)43-31)45-36(44-32)48-18-37(9-10-37)17-46-11-8-20(14-38)15-46/h4,6,12-14,19,23,27,33,42H,3,5,7-11,15-18,41H2,1-2H3/t19-,23+,27-,33+/m0/s1. The fourth-order valence-corrected chi connectivity index (χ4v) is 8.79. The number of aromatic nitrogens is 3. The van der Waals surface area contributed by atoms with Crippen molar-refractivity contribution in [3.05, 3.63) is 53.4 Å². The first-order chi connectivity index (χ1) is 23.7. The lowest BCUT2D eigenvalue weighted by Gasteiger charge is -2.42. The first-order valence-electron chi connectivity index (χ1n) is 17.5. The second kappa shape index (κ2) is 11.4. The molecule has 1 saturated carbocycles. The van der Waals surface area contributed by atoms with E-state index in [0.717, 1.165) is 57.1 Å². The third-order valence-electron chi connectivity index (χ3n) is 11.4. The van der Waals surface area contributed by atoms with Gasteiger partial charge in [0.05, 0.1) is 19.0 Å². The average molecular weight is 672 g/mol. The van der Waals surface area contributed by atoms with Crippen molar-refractivity contribution in [1.29, 1.82) is 0 Å². The van der Waals surface area contributed by atoms with Crippen LogP contribution in [0.2, 0.25) is 0 Å². The van der Waals surface area contributed by atoms with Gasteiger partial charge in [-0.25, -0.2) is 18.2 Å². The number of hydrogen-bond acceptors (Lipinski definition) is 9. The number of pyridine rings is 1. The van der Waals surface area contributed by atoms with Crippen LogP contribution in [0.3, 0.4) is 0 Å². The number of ether oxygens (including phenoxy) is 2. The van der Waals surface area contributed by atoms with Crippen LogP contribution in [-0.2, 0) is 6.42 Å². The lowest BCUT2D eigenvalue weighted by molar-refractivity contribution is 0.154. The predicted octanol–water partition coefficient (Wildman–Crippen LogP) is 6.08. The maximum absolute atomic E-state index is 17.2. The van der Waals surface area contributed by atoms with Crippen LogP contribution < -0.4 is 25.4 Å². The molecule has 9 nitrogen and oxygen atoms in total. The first-order valence-corrected chi connectivity index (χ1v) is 17.5. The molecule has 1 aliphatic carbocycles. The van der Waals surface area contributed by atoms with Gasteiger partial charge in [0, 0.05) is 54.9 Å². The van der Waals surface area contributed by atoms with E-state index in [2.05, 4.69) is 15.1 Å². The molecule has 2 aromatic carbocycles. The quantitative estimate of drug-likeness (QED) is 0.227. The number of anilines is 2. The van der Waals surface area contributed by atoms with Crippen LogP contribution in [0.1, 0.15) is 51.5 Å². The highest BCUT2D eigenvalue weighted by Gasteiger charge is 2.48.